The van der Waals surface area contributed by atoms with Gasteiger partial charge in [-0.2, -0.15) is 0 Å². The van der Waals surface area contributed by atoms with Gasteiger partial charge in [-0.25, -0.2) is 0 Å². The number of hydrogen-bond donors (Lipinski definition) is 2. The molecule has 1 aromatic rings. The lowest BCUT2D eigenvalue weighted by molar-refractivity contribution is 0.311. The van der Waals surface area contributed by atoms with Crippen LogP contribution in [-0.2, 0) is 6.54 Å². The van der Waals surface area contributed by atoms with E-state index in [1.807, 2.05) is 11.3 Å². The van der Waals surface area contributed by atoms with E-state index in [1.165, 1.54) is 29.1 Å². The highest BCUT2D eigenvalue weighted by molar-refractivity contribution is 7.11. The molecule has 0 amide bonds. The van der Waals surface area contributed by atoms with Crippen LogP contribution in [0.2, 0.25) is 0 Å². The highest BCUT2D eigenvalue weighted by Crippen LogP contribution is 2.16. The Morgan fingerprint density at radius 1 is 1.50 bits per heavy atom. The summed E-state index contributed by atoms with van der Waals surface area (Å²) < 4.78 is 0. The number of hydrogen-bond acceptors (Lipinski definition) is 3. The molecule has 1 saturated heterocycles. The second-order valence-corrected chi connectivity index (χ2v) is 6.30. The summed E-state index contributed by atoms with van der Waals surface area (Å²) in [7, 11) is 0. The summed E-state index contributed by atoms with van der Waals surface area (Å²) in [4.78, 5) is 2.85. The van der Waals surface area contributed by atoms with Crippen molar-refractivity contribution in [3.8, 4) is 0 Å². The minimum absolute atomic E-state index is 0.671. The van der Waals surface area contributed by atoms with Crippen LogP contribution in [-0.4, -0.2) is 19.1 Å². The zero-order valence-corrected chi connectivity index (χ0v) is 11.1. The summed E-state index contributed by atoms with van der Waals surface area (Å²) in [5, 5.41) is 7.14. The Hall–Kier alpha value is -0.380. The molecule has 0 spiro atoms. The molecule has 1 aliphatic heterocycles. The smallest absolute Gasteiger partial charge is 0.0300 e. The van der Waals surface area contributed by atoms with Crippen molar-refractivity contribution in [2.24, 2.45) is 5.92 Å². The molecule has 1 fully saturated rings. The predicted octanol–water partition coefficient (Wildman–Crippen LogP) is 2.53. The van der Waals surface area contributed by atoms with Gasteiger partial charge in [0.25, 0.3) is 0 Å². The topological polar surface area (TPSA) is 24.1 Å². The number of aryl methyl sites for hydroxylation is 1. The standard InChI is InChI=1S/C13H22N2S/c1-10-5-6-15-12(7-10)8-14-9-13-4-3-11(2)16-13/h3-4,10,12,14-15H,5-9H2,1-2H3. The van der Waals surface area contributed by atoms with Crippen LogP contribution in [0.4, 0.5) is 0 Å². The third-order valence-corrected chi connectivity index (χ3v) is 4.24. The van der Waals surface area contributed by atoms with Gasteiger partial charge in [0.2, 0.25) is 0 Å². The van der Waals surface area contributed by atoms with Crippen molar-refractivity contribution in [3.63, 3.8) is 0 Å². The SMILES string of the molecule is Cc1ccc(CNCC2CC(C)CCN2)s1. The number of rotatable bonds is 4. The molecule has 2 unspecified atom stereocenters. The van der Waals surface area contributed by atoms with Gasteiger partial charge in [0.1, 0.15) is 0 Å². The predicted molar refractivity (Wildman–Crippen MR) is 71.0 cm³/mol. The maximum atomic E-state index is 3.58. The zero-order chi connectivity index (χ0) is 11.4. The van der Waals surface area contributed by atoms with E-state index in [9.17, 15) is 0 Å². The molecule has 90 valence electrons. The van der Waals surface area contributed by atoms with Crippen molar-refractivity contribution in [2.75, 3.05) is 13.1 Å². The number of piperidine rings is 1. The van der Waals surface area contributed by atoms with Crippen LogP contribution in [0.25, 0.3) is 0 Å². The Bertz CT molecular complexity index is 321. The lowest BCUT2D eigenvalue weighted by atomic mass is 9.94. The minimum Gasteiger partial charge on any atom is -0.313 e. The average molecular weight is 238 g/mol. The van der Waals surface area contributed by atoms with E-state index in [0.717, 1.165) is 19.0 Å². The normalized spacial score (nSPS) is 25.9. The summed E-state index contributed by atoms with van der Waals surface area (Å²) in [6.07, 6.45) is 2.65. The van der Waals surface area contributed by atoms with E-state index < -0.39 is 0 Å². The third kappa shape index (κ3) is 3.58. The summed E-state index contributed by atoms with van der Waals surface area (Å²) >= 11 is 1.89. The van der Waals surface area contributed by atoms with Crippen molar-refractivity contribution < 1.29 is 0 Å². The zero-order valence-electron chi connectivity index (χ0n) is 10.3. The largest absolute Gasteiger partial charge is 0.313 e. The maximum Gasteiger partial charge on any atom is 0.0300 e. The van der Waals surface area contributed by atoms with E-state index in [-0.39, 0.29) is 0 Å². The molecule has 0 saturated carbocycles. The summed E-state index contributed by atoms with van der Waals surface area (Å²) in [5.74, 6) is 0.886. The van der Waals surface area contributed by atoms with Crippen LogP contribution in [0.3, 0.4) is 0 Å². The second kappa shape index (κ2) is 5.80. The van der Waals surface area contributed by atoms with Gasteiger partial charge in [0, 0.05) is 28.9 Å². The highest BCUT2D eigenvalue weighted by Gasteiger charge is 2.17. The highest BCUT2D eigenvalue weighted by atomic mass is 32.1. The lowest BCUT2D eigenvalue weighted by Crippen LogP contribution is -2.43. The molecule has 2 atom stereocenters. The van der Waals surface area contributed by atoms with Gasteiger partial charge in [-0.05, 0) is 44.4 Å². The van der Waals surface area contributed by atoms with Gasteiger partial charge in [-0.15, -0.1) is 11.3 Å². The first kappa shape index (κ1) is 12.1. The van der Waals surface area contributed by atoms with Crippen LogP contribution < -0.4 is 10.6 Å². The first-order valence-electron chi connectivity index (χ1n) is 6.23. The van der Waals surface area contributed by atoms with Crippen LogP contribution in [0, 0.1) is 12.8 Å². The molecule has 3 heteroatoms. The fourth-order valence-corrected chi connectivity index (χ4v) is 3.19. The van der Waals surface area contributed by atoms with Crippen LogP contribution in [0.15, 0.2) is 12.1 Å². The summed E-state index contributed by atoms with van der Waals surface area (Å²) in [6, 6.07) is 5.09. The van der Waals surface area contributed by atoms with Crippen molar-refractivity contribution in [2.45, 2.75) is 39.3 Å². The lowest BCUT2D eigenvalue weighted by Gasteiger charge is -2.28. The summed E-state index contributed by atoms with van der Waals surface area (Å²) in [6.45, 7) is 7.83. The number of thiophene rings is 1. The Labute approximate surface area is 102 Å². The Kier molecular flexibility index (Phi) is 4.38. The molecular weight excluding hydrogens is 216 g/mol. The van der Waals surface area contributed by atoms with Crippen molar-refractivity contribution in [1.29, 1.82) is 0 Å². The second-order valence-electron chi connectivity index (χ2n) is 4.92. The van der Waals surface area contributed by atoms with Crippen molar-refractivity contribution in [3.05, 3.63) is 21.9 Å². The third-order valence-electron chi connectivity index (χ3n) is 3.24. The molecule has 1 aliphatic rings. The van der Waals surface area contributed by atoms with Gasteiger partial charge in [-0.1, -0.05) is 6.92 Å². The molecule has 2 N–H and O–H groups in total. The van der Waals surface area contributed by atoms with Crippen LogP contribution in [0.5, 0.6) is 0 Å². The van der Waals surface area contributed by atoms with E-state index in [0.29, 0.717) is 6.04 Å². The fraction of sp³-hybridized carbons (Fsp3) is 0.692. The average Bonchev–Trinajstić information content (AvgIpc) is 2.64. The Balaban J connectivity index is 1.67. The van der Waals surface area contributed by atoms with Crippen molar-refractivity contribution in [1.82, 2.24) is 10.6 Å². The van der Waals surface area contributed by atoms with Gasteiger partial charge in [-0.3, -0.25) is 0 Å². The number of nitrogens with one attached hydrogen (secondary N) is 2. The molecule has 2 heterocycles. The van der Waals surface area contributed by atoms with E-state index >= 15 is 0 Å². The minimum atomic E-state index is 0.671. The van der Waals surface area contributed by atoms with Gasteiger partial charge in [0.15, 0.2) is 0 Å². The molecule has 16 heavy (non-hydrogen) atoms. The summed E-state index contributed by atoms with van der Waals surface area (Å²) in [5.41, 5.74) is 0. The molecule has 0 aliphatic carbocycles. The molecule has 1 aromatic heterocycles. The first-order valence-corrected chi connectivity index (χ1v) is 7.05. The van der Waals surface area contributed by atoms with E-state index in [2.05, 4.69) is 36.6 Å². The fourth-order valence-electron chi connectivity index (χ4n) is 2.33. The van der Waals surface area contributed by atoms with Gasteiger partial charge < -0.3 is 10.6 Å². The molecule has 2 rings (SSSR count). The molecule has 0 radical (unpaired) electrons. The molecule has 0 aromatic carbocycles. The van der Waals surface area contributed by atoms with Crippen LogP contribution in [0.1, 0.15) is 29.5 Å². The molecular formula is C13H22N2S. The van der Waals surface area contributed by atoms with Crippen molar-refractivity contribution >= 4 is 11.3 Å². The quantitative estimate of drug-likeness (QED) is 0.842. The molecule has 2 nitrogen and oxygen atoms in total. The van der Waals surface area contributed by atoms with Gasteiger partial charge in [0.05, 0.1) is 0 Å². The van der Waals surface area contributed by atoms with E-state index in [4.69, 9.17) is 0 Å². The van der Waals surface area contributed by atoms with E-state index in [1.54, 1.807) is 0 Å². The molecule has 0 bridgehead atoms. The Morgan fingerprint density at radius 2 is 2.38 bits per heavy atom. The van der Waals surface area contributed by atoms with Crippen LogP contribution >= 0.6 is 11.3 Å². The maximum absolute atomic E-state index is 3.58. The first-order chi connectivity index (χ1) is 7.74. The van der Waals surface area contributed by atoms with Gasteiger partial charge >= 0.3 is 0 Å². The monoisotopic (exact) mass is 238 g/mol. The Morgan fingerprint density at radius 3 is 3.06 bits per heavy atom.